The summed E-state index contributed by atoms with van der Waals surface area (Å²) in [4.78, 5) is 14.6. The Morgan fingerprint density at radius 2 is 2.32 bits per heavy atom. The van der Waals surface area contributed by atoms with Crippen LogP contribution in [0.15, 0.2) is 29.8 Å². The van der Waals surface area contributed by atoms with E-state index in [1.807, 2.05) is 0 Å². The van der Waals surface area contributed by atoms with E-state index in [2.05, 4.69) is 4.98 Å². The van der Waals surface area contributed by atoms with Crippen molar-refractivity contribution < 1.29 is 4.92 Å². The maximum absolute atomic E-state index is 10.7. The number of hydrogen-bond acceptors (Lipinski definition) is 5. The number of nitrogens with zero attached hydrogens (tertiary/aromatic N) is 3. The molecule has 0 unspecified atom stereocenters. The predicted octanol–water partition coefficient (Wildman–Crippen LogP) is 3.21. The number of thiophene rings is 1. The van der Waals surface area contributed by atoms with Gasteiger partial charge in [-0.1, -0.05) is 22.9 Å². The van der Waals surface area contributed by atoms with Crippen LogP contribution < -0.4 is 5.73 Å². The van der Waals surface area contributed by atoms with E-state index in [0.29, 0.717) is 27.7 Å². The quantitative estimate of drug-likeness (QED) is 0.581. The van der Waals surface area contributed by atoms with Crippen LogP contribution in [0.2, 0.25) is 5.02 Å². The zero-order valence-corrected chi connectivity index (χ0v) is 11.0. The number of rotatable bonds is 2. The molecule has 0 atom stereocenters. The van der Waals surface area contributed by atoms with Crippen LogP contribution in [0.5, 0.6) is 0 Å². The van der Waals surface area contributed by atoms with Crippen molar-refractivity contribution in [3.05, 3.63) is 44.9 Å². The van der Waals surface area contributed by atoms with Crippen LogP contribution in [0.1, 0.15) is 0 Å². The molecule has 3 rings (SSSR count). The third-order valence-corrected chi connectivity index (χ3v) is 3.85. The minimum atomic E-state index is -0.437. The molecule has 3 heterocycles. The van der Waals surface area contributed by atoms with Crippen LogP contribution in [0.25, 0.3) is 16.9 Å². The van der Waals surface area contributed by atoms with Crippen LogP contribution in [0.3, 0.4) is 0 Å². The van der Waals surface area contributed by atoms with Crippen molar-refractivity contribution in [2.75, 3.05) is 5.73 Å². The van der Waals surface area contributed by atoms with Gasteiger partial charge in [0.2, 0.25) is 0 Å². The van der Waals surface area contributed by atoms with Gasteiger partial charge in [0.15, 0.2) is 5.65 Å². The van der Waals surface area contributed by atoms with Crippen molar-refractivity contribution in [2.24, 2.45) is 0 Å². The Morgan fingerprint density at radius 3 is 2.95 bits per heavy atom. The molecule has 0 aromatic carbocycles. The second kappa shape index (κ2) is 4.22. The first-order valence-corrected chi connectivity index (χ1v) is 6.49. The highest BCUT2D eigenvalue weighted by atomic mass is 35.5. The molecule has 0 amide bonds. The Labute approximate surface area is 116 Å². The maximum atomic E-state index is 10.7. The highest BCUT2D eigenvalue weighted by molar-refractivity contribution is 7.13. The van der Waals surface area contributed by atoms with Gasteiger partial charge in [0.1, 0.15) is 11.5 Å². The lowest BCUT2D eigenvalue weighted by atomic mass is 10.2. The van der Waals surface area contributed by atoms with Gasteiger partial charge in [-0.3, -0.25) is 14.5 Å². The smallest absolute Gasteiger partial charge is 0.324 e. The molecule has 19 heavy (non-hydrogen) atoms. The topological polar surface area (TPSA) is 86.5 Å². The molecular formula is C11H7ClN4O2S. The molecule has 0 bridgehead atoms. The van der Waals surface area contributed by atoms with E-state index < -0.39 is 4.92 Å². The minimum absolute atomic E-state index is 0.0533. The summed E-state index contributed by atoms with van der Waals surface area (Å²) in [5.74, 6) is 0.408. The summed E-state index contributed by atoms with van der Waals surface area (Å²) in [6.07, 6.45) is 1.74. The van der Waals surface area contributed by atoms with Gasteiger partial charge in [-0.25, -0.2) is 4.98 Å². The van der Waals surface area contributed by atoms with E-state index in [4.69, 9.17) is 17.3 Å². The molecule has 6 nitrogen and oxygen atoms in total. The summed E-state index contributed by atoms with van der Waals surface area (Å²) < 4.78 is 1.65. The molecule has 0 aliphatic heterocycles. The Hall–Kier alpha value is -2.12. The third kappa shape index (κ3) is 1.83. The molecule has 0 aliphatic rings. The summed E-state index contributed by atoms with van der Waals surface area (Å²) in [7, 11) is 0. The van der Waals surface area contributed by atoms with Gasteiger partial charge >= 0.3 is 5.00 Å². The van der Waals surface area contributed by atoms with E-state index >= 15 is 0 Å². The molecule has 0 fully saturated rings. The van der Waals surface area contributed by atoms with Crippen molar-refractivity contribution in [1.29, 1.82) is 0 Å². The average Bonchev–Trinajstić information content (AvgIpc) is 2.96. The van der Waals surface area contributed by atoms with Gasteiger partial charge in [0.05, 0.1) is 9.95 Å². The SMILES string of the molecule is Nc1c(-c2csc([N+](=O)[O-])c2)nc2c(Cl)cccn12. The van der Waals surface area contributed by atoms with Gasteiger partial charge in [0.25, 0.3) is 0 Å². The summed E-state index contributed by atoms with van der Waals surface area (Å²) >= 11 is 7.08. The summed E-state index contributed by atoms with van der Waals surface area (Å²) in [5, 5.41) is 12.9. The van der Waals surface area contributed by atoms with Gasteiger partial charge in [-0.15, -0.1) is 0 Å². The van der Waals surface area contributed by atoms with Crippen LogP contribution in [-0.2, 0) is 0 Å². The third-order valence-electron chi connectivity index (χ3n) is 2.68. The zero-order valence-electron chi connectivity index (χ0n) is 9.41. The predicted molar refractivity (Wildman–Crippen MR) is 74.6 cm³/mol. The zero-order chi connectivity index (χ0) is 13.6. The summed E-state index contributed by atoms with van der Waals surface area (Å²) in [5.41, 5.74) is 7.65. The van der Waals surface area contributed by atoms with E-state index in [1.165, 1.54) is 6.07 Å². The Kier molecular flexibility index (Phi) is 2.65. The second-order valence-corrected chi connectivity index (χ2v) is 5.12. The van der Waals surface area contributed by atoms with Crippen molar-refractivity contribution in [3.63, 3.8) is 0 Å². The lowest BCUT2D eigenvalue weighted by Crippen LogP contribution is -1.93. The first-order chi connectivity index (χ1) is 9.08. The van der Waals surface area contributed by atoms with Crippen molar-refractivity contribution in [2.45, 2.75) is 0 Å². The molecule has 0 saturated carbocycles. The van der Waals surface area contributed by atoms with E-state index in [-0.39, 0.29) is 5.00 Å². The molecule has 0 radical (unpaired) electrons. The fourth-order valence-corrected chi connectivity index (χ4v) is 2.72. The second-order valence-electron chi connectivity index (χ2n) is 3.83. The van der Waals surface area contributed by atoms with Crippen LogP contribution in [0.4, 0.5) is 10.8 Å². The van der Waals surface area contributed by atoms with Crippen LogP contribution >= 0.6 is 22.9 Å². The Bertz CT molecular complexity index is 795. The number of fused-ring (bicyclic) bond motifs is 1. The van der Waals surface area contributed by atoms with Crippen molar-refractivity contribution in [1.82, 2.24) is 9.38 Å². The largest absolute Gasteiger partial charge is 0.383 e. The number of nitro groups is 1. The molecule has 3 aromatic rings. The van der Waals surface area contributed by atoms with Crippen molar-refractivity contribution >= 4 is 39.4 Å². The number of halogens is 1. The lowest BCUT2D eigenvalue weighted by Gasteiger charge is -1.96. The highest BCUT2D eigenvalue weighted by Gasteiger charge is 2.17. The first-order valence-electron chi connectivity index (χ1n) is 5.23. The number of nitrogens with two attached hydrogens (primary N) is 1. The van der Waals surface area contributed by atoms with Crippen LogP contribution in [0, 0.1) is 10.1 Å². The van der Waals surface area contributed by atoms with E-state index in [9.17, 15) is 10.1 Å². The minimum Gasteiger partial charge on any atom is -0.383 e. The fourth-order valence-electron chi connectivity index (χ4n) is 1.81. The number of nitrogen functional groups attached to an aromatic ring is 1. The Morgan fingerprint density at radius 1 is 1.53 bits per heavy atom. The summed E-state index contributed by atoms with van der Waals surface area (Å²) in [6.45, 7) is 0. The van der Waals surface area contributed by atoms with Gasteiger partial charge in [-0.05, 0) is 12.1 Å². The number of hydrogen-bond donors (Lipinski definition) is 1. The number of pyridine rings is 1. The van der Waals surface area contributed by atoms with Crippen LogP contribution in [-0.4, -0.2) is 14.3 Å². The number of anilines is 1. The molecule has 2 N–H and O–H groups in total. The highest BCUT2D eigenvalue weighted by Crippen LogP contribution is 2.34. The molecule has 0 aliphatic carbocycles. The molecule has 0 spiro atoms. The number of imidazole rings is 1. The molecule has 0 saturated heterocycles. The molecule has 3 aromatic heterocycles. The lowest BCUT2D eigenvalue weighted by molar-refractivity contribution is -0.380. The molecular weight excluding hydrogens is 288 g/mol. The monoisotopic (exact) mass is 294 g/mol. The molecule has 96 valence electrons. The molecule has 8 heteroatoms. The van der Waals surface area contributed by atoms with Gasteiger partial charge in [-0.2, -0.15) is 0 Å². The van der Waals surface area contributed by atoms with E-state index in [0.717, 1.165) is 11.3 Å². The van der Waals surface area contributed by atoms with E-state index in [1.54, 1.807) is 28.1 Å². The Balaban J connectivity index is 2.22. The van der Waals surface area contributed by atoms with Gasteiger partial charge in [0, 0.05) is 23.2 Å². The summed E-state index contributed by atoms with van der Waals surface area (Å²) in [6, 6.07) is 4.92. The van der Waals surface area contributed by atoms with Crippen molar-refractivity contribution in [3.8, 4) is 11.3 Å². The maximum Gasteiger partial charge on any atom is 0.324 e. The van der Waals surface area contributed by atoms with Gasteiger partial charge < -0.3 is 5.73 Å². The standard InChI is InChI=1S/C11H7ClN4O2S/c12-7-2-1-3-15-10(13)9(14-11(7)15)6-4-8(16(17)18)19-5-6/h1-5H,13H2. The first kappa shape index (κ1) is 11.9. The normalized spacial score (nSPS) is 11.0. The number of aromatic nitrogens is 2. The fraction of sp³-hybridized carbons (Fsp3) is 0. The average molecular weight is 295 g/mol.